The monoisotopic (exact) mass is 428 g/mol. The third-order valence-corrected chi connectivity index (χ3v) is 4.18. The minimum absolute atomic E-state index is 0.00890. The summed E-state index contributed by atoms with van der Waals surface area (Å²) in [5.41, 5.74) is 0.759. The van der Waals surface area contributed by atoms with Gasteiger partial charge in [0.25, 0.3) is 5.91 Å². The van der Waals surface area contributed by atoms with Crippen molar-refractivity contribution in [3.63, 3.8) is 0 Å². The summed E-state index contributed by atoms with van der Waals surface area (Å²) >= 11 is 5.87. The number of carbonyl (C=O) groups is 2. The van der Waals surface area contributed by atoms with Crippen molar-refractivity contribution in [2.75, 3.05) is 11.9 Å². The Labute approximate surface area is 168 Å². The summed E-state index contributed by atoms with van der Waals surface area (Å²) in [5.74, 6) is -0.601. The van der Waals surface area contributed by atoms with E-state index >= 15 is 0 Å². The fourth-order valence-electron chi connectivity index (χ4n) is 2.32. The van der Waals surface area contributed by atoms with Gasteiger partial charge in [0, 0.05) is 30.4 Å². The van der Waals surface area contributed by atoms with Crippen molar-refractivity contribution in [2.45, 2.75) is 25.6 Å². The van der Waals surface area contributed by atoms with Gasteiger partial charge in [0.2, 0.25) is 11.8 Å². The van der Waals surface area contributed by atoms with Gasteiger partial charge in [-0.25, -0.2) is 9.97 Å². The second-order valence-corrected chi connectivity index (χ2v) is 6.82. The van der Waals surface area contributed by atoms with Crippen molar-refractivity contribution in [1.29, 1.82) is 0 Å². The molecule has 2 heterocycles. The molecule has 7 nitrogen and oxygen atoms in total. The van der Waals surface area contributed by atoms with Gasteiger partial charge in [0.15, 0.2) is 6.61 Å². The topological polar surface area (TPSA) is 93.2 Å². The fourth-order valence-corrected chi connectivity index (χ4v) is 2.56. The van der Waals surface area contributed by atoms with Crippen molar-refractivity contribution in [3.8, 4) is 5.88 Å². The number of hydrogen-bond donors (Lipinski definition) is 2. The Hall–Kier alpha value is -2.88. The highest BCUT2D eigenvalue weighted by Gasteiger charge is 2.30. The normalized spacial score (nSPS) is 13.7. The molecule has 0 bridgehead atoms. The highest BCUT2D eigenvalue weighted by atomic mass is 35.5. The molecule has 2 N–H and O–H groups in total. The molecule has 0 saturated heterocycles. The van der Waals surface area contributed by atoms with Crippen LogP contribution in [0.25, 0.3) is 0 Å². The number of anilines is 1. The molecule has 1 fully saturated rings. The number of hydrogen-bond acceptors (Lipinski definition) is 5. The Bertz CT molecular complexity index is 919. The number of amides is 2. The number of aromatic nitrogens is 2. The lowest BCUT2D eigenvalue weighted by atomic mass is 10.2. The van der Waals surface area contributed by atoms with Crippen molar-refractivity contribution < 1.29 is 27.5 Å². The second-order valence-electron chi connectivity index (χ2n) is 6.41. The van der Waals surface area contributed by atoms with Crippen LogP contribution in [0.1, 0.15) is 28.8 Å². The molecule has 0 spiro atoms. The van der Waals surface area contributed by atoms with E-state index in [0.717, 1.165) is 12.8 Å². The van der Waals surface area contributed by atoms with Gasteiger partial charge in [-0.2, -0.15) is 13.2 Å². The number of alkyl halides is 3. The number of nitrogens with zero attached hydrogens (tertiary/aromatic N) is 2. The van der Waals surface area contributed by atoms with E-state index in [2.05, 4.69) is 25.3 Å². The van der Waals surface area contributed by atoms with Crippen molar-refractivity contribution in [1.82, 2.24) is 15.3 Å². The zero-order valence-electron chi connectivity index (χ0n) is 14.9. The molecule has 1 aliphatic carbocycles. The van der Waals surface area contributed by atoms with Crippen LogP contribution >= 0.6 is 11.6 Å². The number of nitrogens with one attached hydrogen (secondary N) is 2. The quantitative estimate of drug-likeness (QED) is 0.705. The molecule has 2 amide bonds. The summed E-state index contributed by atoms with van der Waals surface area (Å²) < 4.78 is 41.1. The number of carbonyl (C=O) groups excluding carboxylic acids is 2. The Morgan fingerprint density at radius 2 is 2.00 bits per heavy atom. The Kier molecular flexibility index (Phi) is 6.21. The van der Waals surface area contributed by atoms with Crippen LogP contribution in [-0.4, -0.2) is 34.6 Å². The van der Waals surface area contributed by atoms with Crippen molar-refractivity contribution in [3.05, 3.63) is 46.7 Å². The molecule has 0 atom stereocenters. The average Bonchev–Trinajstić information content (AvgIpc) is 3.50. The minimum atomic E-state index is -4.50. The van der Waals surface area contributed by atoms with E-state index in [-0.39, 0.29) is 40.7 Å². The molecule has 11 heteroatoms. The molecule has 3 rings (SSSR count). The van der Waals surface area contributed by atoms with Gasteiger partial charge in [-0.15, -0.1) is 0 Å². The molecule has 2 aromatic heterocycles. The minimum Gasteiger partial charge on any atom is -0.467 e. The fraction of sp³-hybridized carbons (Fsp3) is 0.333. The maximum Gasteiger partial charge on any atom is 0.422 e. The third kappa shape index (κ3) is 6.31. The molecule has 0 unspecified atom stereocenters. The van der Waals surface area contributed by atoms with Gasteiger partial charge in [0.1, 0.15) is 10.8 Å². The van der Waals surface area contributed by atoms with Crippen LogP contribution in [0.5, 0.6) is 5.88 Å². The number of rotatable bonds is 7. The van der Waals surface area contributed by atoms with Gasteiger partial charge in [0.05, 0.1) is 0 Å². The Balaban J connectivity index is 1.56. The Morgan fingerprint density at radius 1 is 1.24 bits per heavy atom. The smallest absolute Gasteiger partial charge is 0.422 e. The van der Waals surface area contributed by atoms with Gasteiger partial charge in [-0.05, 0) is 36.6 Å². The number of pyridine rings is 2. The molecule has 0 aromatic carbocycles. The summed E-state index contributed by atoms with van der Waals surface area (Å²) in [4.78, 5) is 31.8. The summed E-state index contributed by atoms with van der Waals surface area (Å²) in [5, 5.41) is 5.19. The molecular formula is C18H16ClF3N4O3. The van der Waals surface area contributed by atoms with E-state index in [1.165, 1.54) is 30.6 Å². The van der Waals surface area contributed by atoms with E-state index in [4.69, 9.17) is 11.6 Å². The van der Waals surface area contributed by atoms with Crippen molar-refractivity contribution >= 4 is 29.2 Å². The van der Waals surface area contributed by atoms with E-state index in [9.17, 15) is 22.8 Å². The molecule has 0 aliphatic heterocycles. The van der Waals surface area contributed by atoms with Crippen LogP contribution in [0.2, 0.25) is 5.02 Å². The van der Waals surface area contributed by atoms with E-state index in [0.29, 0.717) is 5.56 Å². The molecule has 154 valence electrons. The van der Waals surface area contributed by atoms with E-state index in [1.54, 1.807) is 0 Å². The van der Waals surface area contributed by atoms with E-state index < -0.39 is 18.7 Å². The van der Waals surface area contributed by atoms with Crippen molar-refractivity contribution in [2.24, 2.45) is 5.92 Å². The molecule has 1 saturated carbocycles. The number of ether oxygens (including phenoxy) is 1. The standard InChI is InChI=1S/C18H16ClF3N4O3/c19-13-5-10(8-25-17(13)29-9-18(20,21)22)7-24-15(27)12-3-4-23-14(6-12)26-16(28)11-1-2-11/h3-6,8,11H,1-2,7,9H2,(H,24,27)(H,23,26,28). The van der Waals surface area contributed by atoms with Crippen LogP contribution in [-0.2, 0) is 11.3 Å². The van der Waals surface area contributed by atoms with Gasteiger partial charge < -0.3 is 15.4 Å². The summed E-state index contributed by atoms with van der Waals surface area (Å²) in [6.07, 6.45) is -0.140. The summed E-state index contributed by atoms with van der Waals surface area (Å²) in [7, 11) is 0. The lowest BCUT2D eigenvalue weighted by molar-refractivity contribution is -0.154. The first-order chi connectivity index (χ1) is 13.7. The molecule has 0 radical (unpaired) electrons. The third-order valence-electron chi connectivity index (χ3n) is 3.91. The predicted octanol–water partition coefficient (Wildman–Crippen LogP) is 3.35. The van der Waals surface area contributed by atoms with Crippen LogP contribution in [0.4, 0.5) is 19.0 Å². The van der Waals surface area contributed by atoms with Gasteiger partial charge in [-0.1, -0.05) is 11.6 Å². The maximum atomic E-state index is 12.3. The molecule has 1 aliphatic rings. The number of halogens is 4. The Morgan fingerprint density at radius 3 is 2.66 bits per heavy atom. The SMILES string of the molecule is O=C(NCc1cnc(OCC(F)(F)F)c(Cl)c1)c1ccnc(NC(=O)C2CC2)c1. The second kappa shape index (κ2) is 8.64. The predicted molar refractivity (Wildman–Crippen MR) is 97.6 cm³/mol. The lowest BCUT2D eigenvalue weighted by Gasteiger charge is -2.11. The van der Waals surface area contributed by atoms with E-state index in [1.807, 2.05) is 0 Å². The highest BCUT2D eigenvalue weighted by molar-refractivity contribution is 6.31. The maximum absolute atomic E-state index is 12.3. The van der Waals surface area contributed by atoms with Crippen LogP contribution in [0.15, 0.2) is 30.6 Å². The van der Waals surface area contributed by atoms with Crippen LogP contribution in [0, 0.1) is 5.92 Å². The first-order valence-electron chi connectivity index (χ1n) is 8.60. The zero-order chi connectivity index (χ0) is 21.0. The molecule has 29 heavy (non-hydrogen) atoms. The first-order valence-corrected chi connectivity index (χ1v) is 8.98. The summed E-state index contributed by atoms with van der Waals surface area (Å²) in [6.45, 7) is -1.46. The van der Waals surface area contributed by atoms with Gasteiger partial charge in [-0.3, -0.25) is 9.59 Å². The highest BCUT2D eigenvalue weighted by Crippen LogP contribution is 2.30. The lowest BCUT2D eigenvalue weighted by Crippen LogP contribution is -2.23. The zero-order valence-corrected chi connectivity index (χ0v) is 15.7. The molecule has 2 aromatic rings. The largest absolute Gasteiger partial charge is 0.467 e. The van der Waals surface area contributed by atoms with Crippen LogP contribution in [0.3, 0.4) is 0 Å². The average molecular weight is 429 g/mol. The molecular weight excluding hydrogens is 413 g/mol. The van der Waals surface area contributed by atoms with Crippen LogP contribution < -0.4 is 15.4 Å². The summed E-state index contributed by atoms with van der Waals surface area (Å²) in [6, 6.07) is 4.30. The first kappa shape index (κ1) is 20.8. The van der Waals surface area contributed by atoms with Gasteiger partial charge >= 0.3 is 6.18 Å².